The standard InChI is InChI=1S/C11H14N2O2S/c1-8(16-2)10(14)13-11(15)12-9-6-4-3-5-7-9/h3-8H,1-2H3,(H2,12,13,14,15). The lowest BCUT2D eigenvalue weighted by Gasteiger charge is -2.09. The molecule has 1 unspecified atom stereocenters. The summed E-state index contributed by atoms with van der Waals surface area (Å²) in [6.45, 7) is 1.75. The molecule has 0 aliphatic carbocycles. The monoisotopic (exact) mass is 238 g/mol. The molecule has 0 fully saturated rings. The summed E-state index contributed by atoms with van der Waals surface area (Å²) in [6.07, 6.45) is 1.82. The second kappa shape index (κ2) is 6.17. The molecule has 5 heteroatoms. The Morgan fingerprint density at radius 1 is 1.25 bits per heavy atom. The van der Waals surface area contributed by atoms with Crippen LogP contribution in [0.2, 0.25) is 0 Å². The van der Waals surface area contributed by atoms with E-state index >= 15 is 0 Å². The highest BCUT2D eigenvalue weighted by Gasteiger charge is 2.14. The lowest BCUT2D eigenvalue weighted by Crippen LogP contribution is -2.38. The van der Waals surface area contributed by atoms with Crippen molar-refractivity contribution >= 4 is 29.4 Å². The summed E-state index contributed by atoms with van der Waals surface area (Å²) >= 11 is 1.39. The Morgan fingerprint density at radius 3 is 2.44 bits per heavy atom. The number of nitrogens with one attached hydrogen (secondary N) is 2. The van der Waals surface area contributed by atoms with Crippen LogP contribution in [0.3, 0.4) is 0 Å². The highest BCUT2D eigenvalue weighted by Crippen LogP contribution is 2.06. The second-order valence-corrected chi connectivity index (χ2v) is 4.37. The molecule has 86 valence electrons. The molecule has 0 bridgehead atoms. The van der Waals surface area contributed by atoms with Crippen LogP contribution in [-0.4, -0.2) is 23.4 Å². The van der Waals surface area contributed by atoms with Gasteiger partial charge in [0.05, 0.1) is 5.25 Å². The Kier molecular flexibility index (Phi) is 4.85. The second-order valence-electron chi connectivity index (χ2n) is 3.19. The maximum Gasteiger partial charge on any atom is 0.325 e. The first-order chi connectivity index (χ1) is 7.63. The van der Waals surface area contributed by atoms with E-state index in [4.69, 9.17) is 0 Å². The van der Waals surface area contributed by atoms with Crippen molar-refractivity contribution in [2.75, 3.05) is 11.6 Å². The number of hydrogen-bond donors (Lipinski definition) is 2. The summed E-state index contributed by atoms with van der Waals surface area (Å²) in [4.78, 5) is 22.8. The normalized spacial score (nSPS) is 11.6. The quantitative estimate of drug-likeness (QED) is 0.847. The number of imide groups is 1. The van der Waals surface area contributed by atoms with Gasteiger partial charge in [0.15, 0.2) is 0 Å². The van der Waals surface area contributed by atoms with Crippen LogP contribution in [0.4, 0.5) is 10.5 Å². The minimum Gasteiger partial charge on any atom is -0.308 e. The molecule has 0 saturated heterocycles. The molecule has 0 aromatic heterocycles. The fourth-order valence-electron chi connectivity index (χ4n) is 1.00. The zero-order valence-electron chi connectivity index (χ0n) is 9.19. The van der Waals surface area contributed by atoms with E-state index < -0.39 is 6.03 Å². The number of benzene rings is 1. The lowest BCUT2D eigenvalue weighted by atomic mass is 10.3. The third-order valence-corrected chi connectivity index (χ3v) is 2.91. The number of urea groups is 1. The summed E-state index contributed by atoms with van der Waals surface area (Å²) in [6, 6.07) is 8.47. The molecule has 0 aliphatic rings. The zero-order valence-corrected chi connectivity index (χ0v) is 10.0. The molecular weight excluding hydrogens is 224 g/mol. The number of thioether (sulfide) groups is 1. The van der Waals surface area contributed by atoms with Crippen molar-refractivity contribution in [3.8, 4) is 0 Å². The van der Waals surface area contributed by atoms with Crippen molar-refractivity contribution in [3.05, 3.63) is 30.3 Å². The predicted octanol–water partition coefficient (Wildman–Crippen LogP) is 2.09. The number of hydrogen-bond acceptors (Lipinski definition) is 3. The fraction of sp³-hybridized carbons (Fsp3) is 0.273. The van der Waals surface area contributed by atoms with Gasteiger partial charge in [0.2, 0.25) is 5.91 Å². The van der Waals surface area contributed by atoms with Gasteiger partial charge in [-0.25, -0.2) is 4.79 Å². The third kappa shape index (κ3) is 3.94. The Bertz CT molecular complexity index is 368. The van der Waals surface area contributed by atoms with E-state index in [0.717, 1.165) is 0 Å². The summed E-state index contributed by atoms with van der Waals surface area (Å²) in [5.41, 5.74) is 0.657. The van der Waals surface area contributed by atoms with Gasteiger partial charge < -0.3 is 5.32 Å². The molecule has 16 heavy (non-hydrogen) atoms. The van der Waals surface area contributed by atoms with Crippen molar-refractivity contribution in [1.29, 1.82) is 0 Å². The molecular formula is C11H14N2O2S. The smallest absolute Gasteiger partial charge is 0.308 e. The van der Waals surface area contributed by atoms with E-state index in [-0.39, 0.29) is 11.2 Å². The summed E-state index contributed by atoms with van der Waals surface area (Å²) < 4.78 is 0. The third-order valence-electron chi connectivity index (χ3n) is 1.99. The molecule has 1 aromatic rings. The van der Waals surface area contributed by atoms with Gasteiger partial charge in [-0.1, -0.05) is 18.2 Å². The SMILES string of the molecule is CSC(C)C(=O)NC(=O)Nc1ccccc1. The van der Waals surface area contributed by atoms with Crippen molar-refractivity contribution in [1.82, 2.24) is 5.32 Å². The van der Waals surface area contributed by atoms with E-state index in [1.54, 1.807) is 19.1 Å². The molecule has 2 N–H and O–H groups in total. The minimum absolute atomic E-state index is 0.235. The van der Waals surface area contributed by atoms with Crippen LogP contribution in [0.15, 0.2) is 30.3 Å². The number of para-hydroxylation sites is 1. The Balaban J connectivity index is 2.46. The molecule has 0 spiro atoms. The van der Waals surface area contributed by atoms with Gasteiger partial charge in [-0.2, -0.15) is 11.8 Å². The van der Waals surface area contributed by atoms with Gasteiger partial charge in [0.25, 0.3) is 0 Å². The average Bonchev–Trinajstić information content (AvgIpc) is 2.29. The highest BCUT2D eigenvalue weighted by molar-refractivity contribution is 7.99. The Labute approximate surface area is 98.8 Å². The minimum atomic E-state index is -0.503. The number of amides is 3. The van der Waals surface area contributed by atoms with Crippen molar-refractivity contribution in [2.24, 2.45) is 0 Å². The van der Waals surface area contributed by atoms with Crippen LogP contribution in [0.25, 0.3) is 0 Å². The highest BCUT2D eigenvalue weighted by atomic mass is 32.2. The van der Waals surface area contributed by atoms with Gasteiger partial charge in [-0.15, -0.1) is 0 Å². The van der Waals surface area contributed by atoms with E-state index in [0.29, 0.717) is 5.69 Å². The fourth-order valence-corrected chi connectivity index (χ4v) is 1.28. The number of rotatable bonds is 3. The van der Waals surface area contributed by atoms with Crippen LogP contribution >= 0.6 is 11.8 Å². The van der Waals surface area contributed by atoms with Crippen LogP contribution in [0, 0.1) is 0 Å². The largest absolute Gasteiger partial charge is 0.325 e. The van der Waals surface area contributed by atoms with E-state index in [9.17, 15) is 9.59 Å². The van der Waals surface area contributed by atoms with Gasteiger partial charge in [0.1, 0.15) is 0 Å². The topological polar surface area (TPSA) is 58.2 Å². The summed E-state index contributed by atoms with van der Waals surface area (Å²) in [5, 5.41) is 4.61. The van der Waals surface area contributed by atoms with Crippen molar-refractivity contribution in [2.45, 2.75) is 12.2 Å². The maximum atomic E-state index is 11.4. The van der Waals surface area contributed by atoms with Gasteiger partial charge >= 0.3 is 6.03 Å². The molecule has 4 nitrogen and oxygen atoms in total. The molecule has 0 saturated carbocycles. The molecule has 1 atom stereocenters. The number of carbonyl (C=O) groups excluding carboxylic acids is 2. The van der Waals surface area contributed by atoms with Gasteiger partial charge in [-0.05, 0) is 25.3 Å². The van der Waals surface area contributed by atoms with Crippen molar-refractivity contribution < 1.29 is 9.59 Å². The number of anilines is 1. The first-order valence-corrected chi connectivity index (χ1v) is 6.12. The molecule has 1 rings (SSSR count). The molecule has 1 aromatic carbocycles. The lowest BCUT2D eigenvalue weighted by molar-refractivity contribution is -0.119. The first kappa shape index (κ1) is 12.6. The first-order valence-electron chi connectivity index (χ1n) is 4.83. The van der Waals surface area contributed by atoms with Crippen LogP contribution in [0.1, 0.15) is 6.92 Å². The van der Waals surface area contributed by atoms with E-state index in [2.05, 4.69) is 10.6 Å². The average molecular weight is 238 g/mol. The maximum absolute atomic E-state index is 11.4. The van der Waals surface area contributed by atoms with E-state index in [1.165, 1.54) is 11.8 Å². The van der Waals surface area contributed by atoms with Gasteiger partial charge in [-0.3, -0.25) is 10.1 Å². The van der Waals surface area contributed by atoms with Crippen LogP contribution in [0.5, 0.6) is 0 Å². The van der Waals surface area contributed by atoms with Crippen molar-refractivity contribution in [3.63, 3.8) is 0 Å². The predicted molar refractivity (Wildman–Crippen MR) is 66.6 cm³/mol. The van der Waals surface area contributed by atoms with Crippen LogP contribution in [-0.2, 0) is 4.79 Å². The van der Waals surface area contributed by atoms with E-state index in [1.807, 2.05) is 24.5 Å². The Hall–Kier alpha value is -1.49. The zero-order chi connectivity index (χ0) is 12.0. The molecule has 0 heterocycles. The summed E-state index contributed by atoms with van der Waals surface area (Å²) in [7, 11) is 0. The summed E-state index contributed by atoms with van der Waals surface area (Å²) in [5.74, 6) is -0.291. The Morgan fingerprint density at radius 2 is 1.88 bits per heavy atom. The molecule has 0 radical (unpaired) electrons. The van der Waals surface area contributed by atoms with Gasteiger partial charge in [0, 0.05) is 5.69 Å². The molecule has 0 aliphatic heterocycles. The number of carbonyl (C=O) groups is 2. The molecule has 3 amide bonds. The van der Waals surface area contributed by atoms with Crippen LogP contribution < -0.4 is 10.6 Å².